The molecule has 1 fully saturated rings. The molecule has 2 aromatic carbocycles. The average Bonchev–Trinajstić information content (AvgIpc) is 2.89. The van der Waals surface area contributed by atoms with Gasteiger partial charge in [0.15, 0.2) is 11.5 Å². The third kappa shape index (κ3) is 5.01. The summed E-state index contributed by atoms with van der Waals surface area (Å²) in [5.41, 5.74) is 0.341. The van der Waals surface area contributed by atoms with Crippen molar-refractivity contribution in [1.29, 1.82) is 5.26 Å². The maximum absolute atomic E-state index is 12.9. The molecule has 0 atom stereocenters. The fourth-order valence-electron chi connectivity index (χ4n) is 4.17. The Labute approximate surface area is 204 Å². The molecule has 1 aromatic heterocycles. The second kappa shape index (κ2) is 9.82. The van der Waals surface area contributed by atoms with Crippen LogP contribution in [-0.4, -0.2) is 45.8 Å². The van der Waals surface area contributed by atoms with E-state index in [4.69, 9.17) is 9.47 Å². The second-order valence-electron chi connectivity index (χ2n) is 8.21. The molecular weight excluding hydrogens is 468 g/mol. The molecule has 4 rings (SSSR count). The lowest BCUT2D eigenvalue weighted by Gasteiger charge is -2.39. The first kappa shape index (κ1) is 24.3. The van der Waals surface area contributed by atoms with Gasteiger partial charge in [-0.3, -0.25) is 4.72 Å². The molecule has 1 aliphatic heterocycles. The van der Waals surface area contributed by atoms with Crippen molar-refractivity contribution in [2.45, 2.75) is 23.3 Å². The zero-order chi connectivity index (χ0) is 25.1. The zero-order valence-corrected chi connectivity index (χ0v) is 20.2. The molecule has 1 saturated heterocycles. The van der Waals surface area contributed by atoms with Crippen molar-refractivity contribution < 1.29 is 23.0 Å². The van der Waals surface area contributed by atoms with Crippen LogP contribution in [0.15, 0.2) is 65.7 Å². The average molecular weight is 495 g/mol. The number of ether oxygens (including phenoxy) is 2. The van der Waals surface area contributed by atoms with Gasteiger partial charge in [-0.15, -0.1) is 0 Å². The molecule has 2 N–H and O–H groups in total. The standard InChI is InChI=1S/C25H26N4O5S/c1-33-22-9-8-21(15-23(22)34-2)35(31,32)28-20-14-18(16-26)24(27-17-20)29-12-10-25(30,11-13-29)19-6-4-3-5-7-19/h3-9,14-15,17,28,30H,10-13H2,1-2H3. The first-order valence-electron chi connectivity index (χ1n) is 11.0. The number of pyridine rings is 1. The van der Waals surface area contributed by atoms with Crippen molar-refractivity contribution in [2.24, 2.45) is 0 Å². The number of sulfonamides is 1. The minimum Gasteiger partial charge on any atom is -0.493 e. The van der Waals surface area contributed by atoms with Gasteiger partial charge in [-0.1, -0.05) is 30.3 Å². The fraction of sp³-hybridized carbons (Fsp3) is 0.280. The third-order valence-electron chi connectivity index (χ3n) is 6.11. The molecule has 0 unspecified atom stereocenters. The molecule has 0 bridgehead atoms. The lowest BCUT2D eigenvalue weighted by atomic mass is 9.84. The molecule has 0 saturated carbocycles. The summed E-state index contributed by atoms with van der Waals surface area (Å²) in [6, 6.07) is 17.4. The number of nitrogens with one attached hydrogen (secondary N) is 1. The molecule has 1 aliphatic rings. The van der Waals surface area contributed by atoms with Crippen LogP contribution < -0.4 is 19.1 Å². The second-order valence-corrected chi connectivity index (χ2v) is 9.90. The van der Waals surface area contributed by atoms with Gasteiger partial charge in [0, 0.05) is 19.2 Å². The van der Waals surface area contributed by atoms with Gasteiger partial charge in [-0.2, -0.15) is 5.26 Å². The summed E-state index contributed by atoms with van der Waals surface area (Å²) >= 11 is 0. The van der Waals surface area contributed by atoms with Crippen molar-refractivity contribution in [1.82, 2.24) is 4.98 Å². The summed E-state index contributed by atoms with van der Waals surface area (Å²) in [6.45, 7) is 1.01. The van der Waals surface area contributed by atoms with E-state index in [1.54, 1.807) is 0 Å². The van der Waals surface area contributed by atoms with E-state index in [-0.39, 0.29) is 21.9 Å². The number of benzene rings is 2. The Kier molecular flexibility index (Phi) is 6.82. The van der Waals surface area contributed by atoms with Crippen LogP contribution in [0.1, 0.15) is 24.0 Å². The predicted octanol–water partition coefficient (Wildman–Crippen LogP) is 3.26. The Morgan fingerprint density at radius 3 is 2.37 bits per heavy atom. The molecule has 0 aliphatic carbocycles. The highest BCUT2D eigenvalue weighted by molar-refractivity contribution is 7.92. The van der Waals surface area contributed by atoms with Gasteiger partial charge in [0.2, 0.25) is 0 Å². The molecule has 0 amide bonds. The van der Waals surface area contributed by atoms with E-state index in [2.05, 4.69) is 15.8 Å². The minimum atomic E-state index is -3.96. The highest BCUT2D eigenvalue weighted by Crippen LogP contribution is 2.35. The van der Waals surface area contributed by atoms with E-state index in [0.29, 0.717) is 37.5 Å². The molecular formula is C25H26N4O5S. The summed E-state index contributed by atoms with van der Waals surface area (Å²) in [6.07, 6.45) is 2.35. The van der Waals surface area contributed by atoms with Crippen LogP contribution in [0.3, 0.4) is 0 Å². The molecule has 9 nitrogen and oxygen atoms in total. The van der Waals surface area contributed by atoms with E-state index in [1.165, 1.54) is 44.7 Å². The molecule has 10 heteroatoms. The predicted molar refractivity (Wildman–Crippen MR) is 131 cm³/mol. The highest BCUT2D eigenvalue weighted by Gasteiger charge is 2.35. The Hall–Kier alpha value is -3.81. The monoisotopic (exact) mass is 494 g/mol. The molecule has 35 heavy (non-hydrogen) atoms. The van der Waals surface area contributed by atoms with E-state index in [9.17, 15) is 18.8 Å². The quantitative estimate of drug-likeness (QED) is 0.513. The lowest BCUT2D eigenvalue weighted by molar-refractivity contribution is 0.0116. The summed E-state index contributed by atoms with van der Waals surface area (Å²) in [7, 11) is -1.08. The van der Waals surface area contributed by atoms with Crippen molar-refractivity contribution >= 4 is 21.5 Å². The highest BCUT2D eigenvalue weighted by atomic mass is 32.2. The van der Waals surface area contributed by atoms with Gasteiger partial charge in [0.25, 0.3) is 10.0 Å². The van der Waals surface area contributed by atoms with Crippen molar-refractivity contribution in [3.8, 4) is 17.6 Å². The van der Waals surface area contributed by atoms with Gasteiger partial charge in [0.1, 0.15) is 11.9 Å². The first-order chi connectivity index (χ1) is 16.8. The first-order valence-corrected chi connectivity index (χ1v) is 12.5. The van der Waals surface area contributed by atoms with Crippen molar-refractivity contribution in [2.75, 3.05) is 36.9 Å². The van der Waals surface area contributed by atoms with Crippen LogP contribution in [-0.2, 0) is 15.6 Å². The van der Waals surface area contributed by atoms with Crippen LogP contribution in [0.4, 0.5) is 11.5 Å². The van der Waals surface area contributed by atoms with Gasteiger partial charge >= 0.3 is 0 Å². The molecule has 0 spiro atoms. The van der Waals surface area contributed by atoms with Crippen LogP contribution in [0.25, 0.3) is 0 Å². The number of hydrogen-bond donors (Lipinski definition) is 2. The maximum atomic E-state index is 12.9. The Morgan fingerprint density at radius 2 is 1.74 bits per heavy atom. The number of anilines is 2. The molecule has 0 radical (unpaired) electrons. The smallest absolute Gasteiger partial charge is 0.262 e. The molecule has 2 heterocycles. The summed E-state index contributed by atoms with van der Waals surface area (Å²) < 4.78 is 38.6. The maximum Gasteiger partial charge on any atom is 0.262 e. The summed E-state index contributed by atoms with van der Waals surface area (Å²) in [5, 5.41) is 20.8. The van der Waals surface area contributed by atoms with Crippen LogP contribution in [0.2, 0.25) is 0 Å². The molecule has 182 valence electrons. The normalized spacial score (nSPS) is 15.2. The van der Waals surface area contributed by atoms with Crippen LogP contribution >= 0.6 is 0 Å². The minimum absolute atomic E-state index is 0.0195. The van der Waals surface area contributed by atoms with E-state index in [0.717, 1.165) is 5.56 Å². The Bertz CT molecular complexity index is 1350. The largest absolute Gasteiger partial charge is 0.493 e. The number of aromatic nitrogens is 1. The third-order valence-corrected chi connectivity index (χ3v) is 7.48. The van der Waals surface area contributed by atoms with Gasteiger partial charge < -0.3 is 19.5 Å². The zero-order valence-electron chi connectivity index (χ0n) is 19.4. The van der Waals surface area contributed by atoms with Crippen LogP contribution in [0.5, 0.6) is 11.5 Å². The van der Waals surface area contributed by atoms with E-state index < -0.39 is 15.6 Å². The Morgan fingerprint density at radius 1 is 1.06 bits per heavy atom. The number of nitrogens with zero attached hydrogens (tertiary/aromatic N) is 3. The number of piperidine rings is 1. The topological polar surface area (TPSA) is 125 Å². The van der Waals surface area contributed by atoms with Crippen LogP contribution in [0, 0.1) is 11.3 Å². The Balaban J connectivity index is 1.52. The van der Waals surface area contributed by atoms with Gasteiger partial charge in [0.05, 0.1) is 42.2 Å². The van der Waals surface area contributed by atoms with Crippen molar-refractivity contribution in [3.05, 3.63) is 71.9 Å². The number of rotatable bonds is 7. The van der Waals surface area contributed by atoms with Gasteiger partial charge in [-0.05, 0) is 36.6 Å². The van der Waals surface area contributed by atoms with E-state index >= 15 is 0 Å². The van der Waals surface area contributed by atoms with Crippen molar-refractivity contribution in [3.63, 3.8) is 0 Å². The summed E-state index contributed by atoms with van der Waals surface area (Å²) in [5.74, 6) is 1.14. The lowest BCUT2D eigenvalue weighted by Crippen LogP contribution is -2.43. The number of hydrogen-bond acceptors (Lipinski definition) is 8. The SMILES string of the molecule is COc1ccc(S(=O)(=O)Nc2cnc(N3CCC(O)(c4ccccc4)CC3)c(C#N)c2)cc1OC. The number of nitriles is 1. The number of methoxy groups -OCH3 is 2. The van der Waals surface area contributed by atoms with Gasteiger partial charge in [-0.25, -0.2) is 13.4 Å². The van der Waals surface area contributed by atoms with E-state index in [1.807, 2.05) is 35.2 Å². The molecule has 3 aromatic rings. The fourth-order valence-corrected chi connectivity index (χ4v) is 5.22. The number of aliphatic hydroxyl groups is 1. The summed E-state index contributed by atoms with van der Waals surface area (Å²) in [4.78, 5) is 6.30.